The molecule has 170 valence electrons. The minimum Gasteiger partial charge on any atom is -0.179 e. The molecule has 3 aromatic rings. The van der Waals surface area contributed by atoms with E-state index in [9.17, 15) is 0 Å². The van der Waals surface area contributed by atoms with E-state index in [0.29, 0.717) is 5.92 Å². The zero-order valence-electron chi connectivity index (χ0n) is 18.9. The monoisotopic (exact) mass is 568 g/mol. The summed E-state index contributed by atoms with van der Waals surface area (Å²) in [6.45, 7) is 2.15. The summed E-state index contributed by atoms with van der Waals surface area (Å²) in [5, 5.41) is 4.26. The molecular formula is C29H28Cl2SZr-2. The van der Waals surface area contributed by atoms with Crippen molar-refractivity contribution in [1.29, 1.82) is 0 Å². The first kappa shape index (κ1) is 28.2. The van der Waals surface area contributed by atoms with Crippen molar-refractivity contribution < 1.29 is 49.0 Å². The number of halogens is 2. The maximum absolute atomic E-state index is 3.37. The van der Waals surface area contributed by atoms with E-state index in [-0.39, 0.29) is 24.8 Å². The molecule has 0 bridgehead atoms. The summed E-state index contributed by atoms with van der Waals surface area (Å²) < 4.78 is 1.80. The van der Waals surface area contributed by atoms with Crippen molar-refractivity contribution in [2.75, 3.05) is 0 Å². The van der Waals surface area contributed by atoms with Crippen LogP contribution in [0, 0.1) is 18.1 Å². The van der Waals surface area contributed by atoms with Crippen LogP contribution in [0.15, 0.2) is 71.4 Å². The SMILES string of the molecule is CC1[C-]=C(c2ccsc2)C=C1.[Cl-].[Cl-].[Zr+2]=[C]1CCCCC1.[c-]1cccc2c1Cc1ccccc1-2. The van der Waals surface area contributed by atoms with Crippen LogP contribution < -0.4 is 24.8 Å². The largest absolute Gasteiger partial charge is 0.179 e. The summed E-state index contributed by atoms with van der Waals surface area (Å²) >= 11 is 3.42. The van der Waals surface area contributed by atoms with Crippen LogP contribution in [-0.2, 0) is 30.7 Å². The number of allylic oxidation sites excluding steroid dienone is 4. The van der Waals surface area contributed by atoms with Gasteiger partial charge in [0.25, 0.3) is 0 Å². The van der Waals surface area contributed by atoms with Crippen LogP contribution in [0.4, 0.5) is 0 Å². The molecular weight excluding hydrogens is 543 g/mol. The minimum atomic E-state index is 0. The molecule has 0 amide bonds. The Balaban J connectivity index is 0.000000177. The molecule has 0 radical (unpaired) electrons. The molecule has 1 aromatic heterocycles. The Morgan fingerprint density at radius 1 is 0.939 bits per heavy atom. The fourth-order valence-corrected chi connectivity index (χ4v) is 5.68. The quantitative estimate of drug-likeness (QED) is 0.307. The van der Waals surface area contributed by atoms with Crippen molar-refractivity contribution in [1.82, 2.24) is 0 Å². The van der Waals surface area contributed by atoms with E-state index < -0.39 is 0 Å². The predicted molar refractivity (Wildman–Crippen MR) is 131 cm³/mol. The molecule has 1 atom stereocenters. The van der Waals surface area contributed by atoms with Crippen LogP contribution in [0.5, 0.6) is 0 Å². The van der Waals surface area contributed by atoms with E-state index in [2.05, 4.69) is 84.4 Å². The third-order valence-electron chi connectivity index (χ3n) is 5.84. The number of hydrogen-bond acceptors (Lipinski definition) is 1. The Kier molecular flexibility index (Phi) is 12.3. The van der Waals surface area contributed by atoms with Crippen LogP contribution in [0.3, 0.4) is 0 Å². The van der Waals surface area contributed by atoms with Gasteiger partial charge in [0.05, 0.1) is 0 Å². The van der Waals surface area contributed by atoms with Crippen molar-refractivity contribution in [2.24, 2.45) is 5.92 Å². The zero-order chi connectivity index (χ0) is 21.5. The number of hydrogen-bond donors (Lipinski definition) is 0. The smallest absolute Gasteiger partial charge is 0.0253 e. The van der Waals surface area contributed by atoms with Gasteiger partial charge < -0.3 is 24.8 Å². The molecule has 0 nitrogen and oxygen atoms in total. The molecule has 33 heavy (non-hydrogen) atoms. The standard InChI is InChI=1S/C13H9.C10H9S.C6H10.2ClH.Zr/c1-3-7-12-10(5-1)9-11-6-2-4-8-13(11)12;1-8-2-3-9(6-8)10-4-5-11-7-10;1-2-4-6-5-3-1;;;/h1-5,7-8H,9H2;2-5,7-8H,1H3;1-5H2;2*1H;/q2*-1;;;;+2/p-2. The molecule has 1 heterocycles. The average molecular weight is 571 g/mol. The second-order valence-corrected chi connectivity index (χ2v) is 10.8. The average Bonchev–Trinajstić information content (AvgIpc) is 3.55. The minimum absolute atomic E-state index is 0. The Morgan fingerprint density at radius 2 is 1.70 bits per heavy atom. The molecule has 0 N–H and O–H groups in total. The number of benzene rings is 2. The Bertz CT molecular complexity index is 1030. The van der Waals surface area contributed by atoms with Crippen molar-refractivity contribution in [3.05, 3.63) is 100 Å². The van der Waals surface area contributed by atoms with E-state index in [0.717, 1.165) is 6.42 Å². The van der Waals surface area contributed by atoms with Gasteiger partial charge >= 0.3 is 59.5 Å². The Morgan fingerprint density at radius 3 is 2.33 bits per heavy atom. The van der Waals surface area contributed by atoms with E-state index in [1.54, 1.807) is 38.8 Å². The van der Waals surface area contributed by atoms with Gasteiger partial charge in [0.1, 0.15) is 0 Å². The third-order valence-corrected chi connectivity index (χ3v) is 7.75. The maximum Gasteiger partial charge on any atom is -0.0253 e. The topological polar surface area (TPSA) is 0 Å². The van der Waals surface area contributed by atoms with Gasteiger partial charge in [0.15, 0.2) is 0 Å². The van der Waals surface area contributed by atoms with Gasteiger partial charge in [-0.15, -0.1) is 17.2 Å². The molecule has 0 spiro atoms. The Labute approximate surface area is 230 Å². The summed E-state index contributed by atoms with van der Waals surface area (Å²) in [5.74, 6) is 0.491. The van der Waals surface area contributed by atoms with Gasteiger partial charge in [-0.3, -0.25) is 0 Å². The van der Waals surface area contributed by atoms with Crippen molar-refractivity contribution in [3.63, 3.8) is 0 Å². The van der Waals surface area contributed by atoms with Crippen LogP contribution >= 0.6 is 11.3 Å². The van der Waals surface area contributed by atoms with Crippen molar-refractivity contribution >= 4 is 20.1 Å². The summed E-state index contributed by atoms with van der Waals surface area (Å²) in [6, 6.07) is 20.2. The molecule has 3 aliphatic rings. The predicted octanol–water partition coefficient (Wildman–Crippen LogP) is 1.88. The first-order valence-corrected chi connectivity index (χ1v) is 13.4. The summed E-state index contributed by atoms with van der Waals surface area (Å²) in [7, 11) is 0. The molecule has 1 fully saturated rings. The van der Waals surface area contributed by atoms with Gasteiger partial charge in [-0.1, -0.05) is 59.7 Å². The number of rotatable bonds is 1. The maximum atomic E-state index is 3.37. The van der Waals surface area contributed by atoms with Crippen LogP contribution in [0.25, 0.3) is 16.7 Å². The summed E-state index contributed by atoms with van der Waals surface area (Å²) in [5.41, 5.74) is 8.06. The summed E-state index contributed by atoms with van der Waals surface area (Å²) in [6.07, 6.45) is 16.1. The van der Waals surface area contributed by atoms with Gasteiger partial charge in [-0.2, -0.15) is 58.9 Å². The van der Waals surface area contributed by atoms with Crippen LogP contribution in [0.2, 0.25) is 0 Å². The van der Waals surface area contributed by atoms with E-state index in [4.69, 9.17) is 0 Å². The number of fused-ring (bicyclic) bond motifs is 3. The van der Waals surface area contributed by atoms with Crippen molar-refractivity contribution in [2.45, 2.75) is 45.4 Å². The fourth-order valence-electron chi connectivity index (χ4n) is 4.16. The molecule has 4 heteroatoms. The fraction of sp³-hybridized carbons (Fsp3) is 0.276. The van der Waals surface area contributed by atoms with Gasteiger partial charge in [0, 0.05) is 0 Å². The zero-order valence-corrected chi connectivity index (χ0v) is 23.7. The van der Waals surface area contributed by atoms with E-state index in [1.165, 1.54) is 65.5 Å². The first-order chi connectivity index (χ1) is 15.2. The van der Waals surface area contributed by atoms with Crippen LogP contribution in [-0.4, -0.2) is 3.21 Å². The second-order valence-electron chi connectivity index (χ2n) is 8.28. The molecule has 0 saturated heterocycles. The van der Waals surface area contributed by atoms with Gasteiger partial charge in [0.2, 0.25) is 0 Å². The Hall–Kier alpha value is -1.05. The normalized spacial score (nSPS) is 17.1. The molecule has 1 saturated carbocycles. The van der Waals surface area contributed by atoms with Crippen molar-refractivity contribution in [3.8, 4) is 11.1 Å². The molecule has 0 aliphatic heterocycles. The summed E-state index contributed by atoms with van der Waals surface area (Å²) in [4.78, 5) is 0. The molecule has 1 unspecified atom stereocenters. The molecule has 2 aromatic carbocycles. The van der Waals surface area contributed by atoms with Gasteiger partial charge in [-0.25, -0.2) is 0 Å². The first-order valence-electron chi connectivity index (χ1n) is 11.2. The molecule has 3 aliphatic carbocycles. The second kappa shape index (κ2) is 14.4. The van der Waals surface area contributed by atoms with Gasteiger partial charge in [-0.05, 0) is 11.8 Å². The number of thiophene rings is 1. The third kappa shape index (κ3) is 8.00. The van der Waals surface area contributed by atoms with E-state index >= 15 is 0 Å². The van der Waals surface area contributed by atoms with E-state index in [1.807, 2.05) is 6.07 Å². The molecule has 6 rings (SSSR count). The van der Waals surface area contributed by atoms with Crippen LogP contribution in [0.1, 0.15) is 55.7 Å².